The molecule has 9 nitrogen and oxygen atoms in total. The van der Waals surface area contributed by atoms with Crippen molar-refractivity contribution in [3.05, 3.63) is 18.0 Å². The summed E-state index contributed by atoms with van der Waals surface area (Å²) in [6.07, 6.45) is 0.597. The molecule has 168 valence electrons. The normalized spacial score (nSPS) is 19.5. The second kappa shape index (κ2) is 9.45. The average Bonchev–Trinajstić information content (AvgIpc) is 3.05. The van der Waals surface area contributed by atoms with E-state index in [9.17, 15) is 18.0 Å². The number of carbonyl (C=O) groups excluding carboxylic acids is 1. The van der Waals surface area contributed by atoms with Crippen LogP contribution in [0.3, 0.4) is 0 Å². The Kier molecular flexibility index (Phi) is 7.45. The number of alkyl halides is 3. The van der Waals surface area contributed by atoms with E-state index in [-0.39, 0.29) is 11.6 Å². The number of aliphatic carboxylic acids is 1. The van der Waals surface area contributed by atoms with Crippen LogP contribution in [0.25, 0.3) is 0 Å². The minimum absolute atomic E-state index is 0.0658. The number of aromatic nitrogens is 2. The summed E-state index contributed by atoms with van der Waals surface area (Å²) >= 11 is 0. The third-order valence-electron chi connectivity index (χ3n) is 4.97. The van der Waals surface area contributed by atoms with Crippen LogP contribution in [0.2, 0.25) is 0 Å². The van der Waals surface area contributed by atoms with Gasteiger partial charge in [0.05, 0.1) is 13.1 Å². The Hall–Kier alpha value is -2.63. The van der Waals surface area contributed by atoms with Crippen LogP contribution in [-0.2, 0) is 9.53 Å². The molecule has 0 bridgehead atoms. The van der Waals surface area contributed by atoms with Gasteiger partial charge in [-0.05, 0) is 31.2 Å². The summed E-state index contributed by atoms with van der Waals surface area (Å²) in [5.41, 5.74) is 0.917. The molecule has 3 rings (SSSR count). The van der Waals surface area contributed by atoms with Crippen LogP contribution in [0.5, 0.6) is 0 Å². The van der Waals surface area contributed by atoms with Gasteiger partial charge in [-0.2, -0.15) is 13.2 Å². The molecule has 1 atom stereocenters. The summed E-state index contributed by atoms with van der Waals surface area (Å²) in [6.45, 7) is 4.99. The molecule has 2 N–H and O–H groups in total. The van der Waals surface area contributed by atoms with E-state index in [2.05, 4.69) is 15.3 Å². The van der Waals surface area contributed by atoms with Gasteiger partial charge in [0.15, 0.2) is 0 Å². The Balaban J connectivity index is 0.000000396. The molecule has 1 aromatic rings. The Labute approximate surface area is 172 Å². The molecule has 0 aliphatic carbocycles. The maximum absolute atomic E-state index is 12.0. The number of ether oxygens (including phenoxy) is 1. The first kappa shape index (κ1) is 23.6. The number of carboxylic acid groups (broad SMARTS) is 1. The van der Waals surface area contributed by atoms with Crippen LogP contribution >= 0.6 is 0 Å². The van der Waals surface area contributed by atoms with Crippen molar-refractivity contribution in [1.29, 1.82) is 0 Å². The van der Waals surface area contributed by atoms with Crippen molar-refractivity contribution in [3.8, 4) is 0 Å². The molecule has 1 aromatic heterocycles. The van der Waals surface area contributed by atoms with E-state index in [1.54, 1.807) is 19.0 Å². The minimum Gasteiger partial charge on any atom is -0.475 e. The fraction of sp³-hybridized carbons (Fsp3) is 0.667. The molecule has 2 fully saturated rings. The van der Waals surface area contributed by atoms with E-state index in [4.69, 9.17) is 14.6 Å². The number of nitrogens with zero attached hydrogens (tertiary/aromatic N) is 4. The number of nitrogens with one attached hydrogen (secondary N) is 1. The molecule has 2 aliphatic rings. The first-order valence-corrected chi connectivity index (χ1v) is 9.37. The Morgan fingerprint density at radius 1 is 1.33 bits per heavy atom. The van der Waals surface area contributed by atoms with Crippen LogP contribution < -0.4 is 5.32 Å². The van der Waals surface area contributed by atoms with Crippen LogP contribution in [0, 0.1) is 12.8 Å². The van der Waals surface area contributed by atoms with Crippen molar-refractivity contribution in [1.82, 2.24) is 19.8 Å². The molecule has 2 saturated heterocycles. The maximum atomic E-state index is 12.0. The Morgan fingerprint density at radius 3 is 2.40 bits per heavy atom. The molecule has 30 heavy (non-hydrogen) atoms. The summed E-state index contributed by atoms with van der Waals surface area (Å²) in [6, 6.07) is 0.0658. The number of anilines is 1. The van der Waals surface area contributed by atoms with E-state index < -0.39 is 12.1 Å². The largest absolute Gasteiger partial charge is 0.490 e. The first-order chi connectivity index (χ1) is 13.9. The fourth-order valence-corrected chi connectivity index (χ4v) is 3.40. The number of carbonyl (C=O) groups is 2. The van der Waals surface area contributed by atoms with Crippen molar-refractivity contribution in [3.63, 3.8) is 0 Å². The highest BCUT2D eigenvalue weighted by Crippen LogP contribution is 2.41. The van der Waals surface area contributed by atoms with Gasteiger partial charge in [0.1, 0.15) is 5.60 Å². The minimum atomic E-state index is -5.08. The van der Waals surface area contributed by atoms with Gasteiger partial charge >= 0.3 is 18.2 Å². The molecule has 2 aliphatic heterocycles. The lowest BCUT2D eigenvalue weighted by molar-refractivity contribution is -0.192. The van der Waals surface area contributed by atoms with Crippen molar-refractivity contribution >= 4 is 17.9 Å². The van der Waals surface area contributed by atoms with Gasteiger partial charge in [0.25, 0.3) is 0 Å². The van der Waals surface area contributed by atoms with E-state index in [0.29, 0.717) is 25.0 Å². The molecule has 1 unspecified atom stereocenters. The molecule has 2 amide bonds. The highest BCUT2D eigenvalue weighted by molar-refractivity contribution is 5.75. The van der Waals surface area contributed by atoms with Gasteiger partial charge in [0, 0.05) is 39.6 Å². The average molecular weight is 433 g/mol. The smallest absolute Gasteiger partial charge is 0.475 e. The Bertz CT molecular complexity index is 736. The highest BCUT2D eigenvalue weighted by Gasteiger charge is 2.54. The SMILES string of the molecule is Cc1cnc(NCCC2CCOC23CN(C(=O)N(C)C)C3)nc1.O=C(O)C(F)(F)F. The molecule has 12 heteroatoms. The molecule has 0 radical (unpaired) electrons. The molecule has 3 heterocycles. The standard InChI is InChI=1S/C16H25N5O2.C2HF3O2/c1-12-8-18-14(19-9-12)17-6-4-13-5-7-23-16(13)10-21(11-16)15(22)20(2)3;3-2(4,5)1(6)7/h8-9,13H,4-7,10-11H2,1-3H3,(H,17,18,19);(H,6,7). The van der Waals surface area contributed by atoms with Gasteiger partial charge < -0.3 is 25.0 Å². The summed E-state index contributed by atoms with van der Waals surface area (Å²) < 4.78 is 37.7. The molecular formula is C18H26F3N5O4. The first-order valence-electron chi connectivity index (χ1n) is 9.37. The summed E-state index contributed by atoms with van der Waals surface area (Å²) in [5, 5.41) is 10.4. The zero-order chi connectivity index (χ0) is 22.5. The molecular weight excluding hydrogens is 407 g/mol. The summed E-state index contributed by atoms with van der Waals surface area (Å²) in [5.74, 6) is -1.61. The number of hydrogen-bond donors (Lipinski definition) is 2. The van der Waals surface area contributed by atoms with E-state index in [1.165, 1.54) is 0 Å². The van der Waals surface area contributed by atoms with E-state index >= 15 is 0 Å². The van der Waals surface area contributed by atoms with Gasteiger partial charge in [0.2, 0.25) is 5.95 Å². The predicted octanol–water partition coefficient (Wildman–Crippen LogP) is 1.99. The summed E-state index contributed by atoms with van der Waals surface area (Å²) in [7, 11) is 3.57. The molecule has 0 aromatic carbocycles. The predicted molar refractivity (Wildman–Crippen MR) is 101 cm³/mol. The number of hydrogen-bond acceptors (Lipinski definition) is 6. The zero-order valence-corrected chi connectivity index (χ0v) is 17.1. The number of aryl methyl sites for hydroxylation is 1. The topological polar surface area (TPSA) is 108 Å². The summed E-state index contributed by atoms with van der Waals surface area (Å²) in [4.78, 5) is 32.8. The van der Waals surface area contributed by atoms with Gasteiger partial charge in [-0.15, -0.1) is 0 Å². The number of carboxylic acids is 1. The van der Waals surface area contributed by atoms with Crippen molar-refractivity contribution in [2.24, 2.45) is 5.92 Å². The van der Waals surface area contributed by atoms with Crippen molar-refractivity contribution in [2.75, 3.05) is 45.7 Å². The number of likely N-dealkylation sites (tertiary alicyclic amines) is 1. The lowest BCUT2D eigenvalue weighted by Crippen LogP contribution is -2.67. The monoisotopic (exact) mass is 433 g/mol. The van der Waals surface area contributed by atoms with Crippen LogP contribution in [-0.4, -0.2) is 89.0 Å². The Morgan fingerprint density at radius 2 is 1.90 bits per heavy atom. The second-order valence-electron chi connectivity index (χ2n) is 7.53. The zero-order valence-electron chi connectivity index (χ0n) is 17.1. The lowest BCUT2D eigenvalue weighted by atomic mass is 9.79. The number of urea groups is 1. The molecule has 1 spiro atoms. The van der Waals surface area contributed by atoms with Gasteiger partial charge in [-0.3, -0.25) is 0 Å². The number of halogens is 3. The van der Waals surface area contributed by atoms with Crippen LogP contribution in [0.1, 0.15) is 18.4 Å². The van der Waals surface area contributed by atoms with Gasteiger partial charge in [-0.25, -0.2) is 19.6 Å². The van der Waals surface area contributed by atoms with Crippen molar-refractivity contribution in [2.45, 2.75) is 31.5 Å². The quantitative estimate of drug-likeness (QED) is 0.748. The number of amides is 2. The van der Waals surface area contributed by atoms with Crippen LogP contribution in [0.15, 0.2) is 12.4 Å². The fourth-order valence-electron chi connectivity index (χ4n) is 3.40. The maximum Gasteiger partial charge on any atom is 0.490 e. The number of rotatable bonds is 4. The van der Waals surface area contributed by atoms with E-state index in [0.717, 1.165) is 31.6 Å². The lowest BCUT2D eigenvalue weighted by Gasteiger charge is -2.50. The second-order valence-corrected chi connectivity index (χ2v) is 7.53. The van der Waals surface area contributed by atoms with Crippen molar-refractivity contribution < 1.29 is 32.6 Å². The third kappa shape index (κ3) is 5.94. The van der Waals surface area contributed by atoms with Crippen LogP contribution in [0.4, 0.5) is 23.9 Å². The van der Waals surface area contributed by atoms with Gasteiger partial charge in [-0.1, -0.05) is 0 Å². The molecule has 0 saturated carbocycles. The third-order valence-corrected chi connectivity index (χ3v) is 4.97. The van der Waals surface area contributed by atoms with E-state index in [1.807, 2.05) is 24.2 Å². The highest BCUT2D eigenvalue weighted by atomic mass is 19.4.